The molecule has 0 saturated heterocycles. The molecule has 0 aliphatic carbocycles. The molecule has 1 aromatic heterocycles. The Hall–Kier alpha value is -1.55. The first-order valence-corrected chi connectivity index (χ1v) is 5.20. The smallest absolute Gasteiger partial charge is 0.153 e. The lowest BCUT2D eigenvalue weighted by Gasteiger charge is -2.01. The van der Waals surface area contributed by atoms with Gasteiger partial charge < -0.3 is 0 Å². The van der Waals surface area contributed by atoms with Gasteiger partial charge in [0.1, 0.15) is 5.82 Å². The fourth-order valence-corrected chi connectivity index (χ4v) is 2.17. The minimum absolute atomic E-state index is 0.0983. The quantitative estimate of drug-likeness (QED) is 0.729. The Labute approximate surface area is 90.4 Å². The van der Waals surface area contributed by atoms with Crippen LogP contribution < -0.4 is 0 Å². The first-order chi connectivity index (χ1) is 7.22. The maximum Gasteiger partial charge on any atom is 0.153 e. The number of aryl methyl sites for hydroxylation is 1. The Morgan fingerprint density at radius 3 is 2.87 bits per heavy atom. The van der Waals surface area contributed by atoms with E-state index in [1.54, 1.807) is 18.3 Å². The van der Waals surface area contributed by atoms with Gasteiger partial charge in [-0.3, -0.25) is 4.79 Å². The standard InChI is InChI=1S/C11H8FNOS/c1-7-13-5-11(15-7)8-3-2-4-10(12)9(8)6-14/h2-6H,1H3. The second-order valence-electron chi connectivity index (χ2n) is 3.06. The van der Waals surface area contributed by atoms with Gasteiger partial charge in [-0.1, -0.05) is 12.1 Å². The van der Waals surface area contributed by atoms with Crippen LogP contribution in [0.4, 0.5) is 4.39 Å². The van der Waals surface area contributed by atoms with Crippen molar-refractivity contribution in [1.29, 1.82) is 0 Å². The number of thiazole rings is 1. The van der Waals surface area contributed by atoms with Crippen LogP contribution >= 0.6 is 11.3 Å². The summed E-state index contributed by atoms with van der Waals surface area (Å²) in [5.74, 6) is -0.492. The lowest BCUT2D eigenvalue weighted by molar-refractivity contribution is 0.112. The van der Waals surface area contributed by atoms with Crippen molar-refractivity contribution in [2.75, 3.05) is 0 Å². The number of carbonyl (C=O) groups excluding carboxylic acids is 1. The number of halogens is 1. The van der Waals surface area contributed by atoms with Crippen LogP contribution in [0.5, 0.6) is 0 Å². The minimum atomic E-state index is -0.492. The minimum Gasteiger partial charge on any atom is -0.298 e. The van der Waals surface area contributed by atoms with E-state index < -0.39 is 5.82 Å². The SMILES string of the molecule is Cc1ncc(-c2cccc(F)c2C=O)s1. The summed E-state index contributed by atoms with van der Waals surface area (Å²) in [6.45, 7) is 1.87. The molecule has 0 atom stereocenters. The van der Waals surface area contributed by atoms with Crippen molar-refractivity contribution in [2.24, 2.45) is 0 Å². The van der Waals surface area contributed by atoms with Gasteiger partial charge in [-0.05, 0) is 13.0 Å². The number of hydrogen-bond acceptors (Lipinski definition) is 3. The average molecular weight is 221 g/mol. The first-order valence-electron chi connectivity index (χ1n) is 4.39. The molecule has 1 aromatic carbocycles. The highest BCUT2D eigenvalue weighted by molar-refractivity contribution is 7.15. The fraction of sp³-hybridized carbons (Fsp3) is 0.0909. The summed E-state index contributed by atoms with van der Waals surface area (Å²) >= 11 is 1.44. The third-order valence-corrected chi connectivity index (χ3v) is 3.00. The molecule has 0 aliphatic rings. The van der Waals surface area contributed by atoms with E-state index in [1.165, 1.54) is 17.4 Å². The summed E-state index contributed by atoms with van der Waals surface area (Å²) in [5.41, 5.74) is 0.705. The summed E-state index contributed by atoms with van der Waals surface area (Å²) in [6, 6.07) is 4.59. The molecule has 0 N–H and O–H groups in total. The zero-order valence-corrected chi connectivity index (χ0v) is 8.84. The highest BCUT2D eigenvalue weighted by atomic mass is 32.1. The molecule has 2 aromatic rings. The van der Waals surface area contributed by atoms with Crippen molar-refractivity contribution >= 4 is 17.6 Å². The fourth-order valence-electron chi connectivity index (χ4n) is 1.36. The molecule has 0 radical (unpaired) electrons. The summed E-state index contributed by atoms with van der Waals surface area (Å²) in [4.78, 5) is 15.7. The maximum atomic E-state index is 13.3. The van der Waals surface area contributed by atoms with Crippen molar-refractivity contribution in [3.63, 3.8) is 0 Å². The van der Waals surface area contributed by atoms with Crippen molar-refractivity contribution in [2.45, 2.75) is 6.92 Å². The number of hydrogen-bond donors (Lipinski definition) is 0. The number of nitrogens with zero attached hydrogens (tertiary/aromatic N) is 1. The maximum absolute atomic E-state index is 13.3. The van der Waals surface area contributed by atoms with Crippen LogP contribution in [0.25, 0.3) is 10.4 Å². The lowest BCUT2D eigenvalue weighted by Crippen LogP contribution is -1.90. The van der Waals surface area contributed by atoms with Gasteiger partial charge in [0.15, 0.2) is 6.29 Å². The van der Waals surface area contributed by atoms with E-state index in [0.717, 1.165) is 9.88 Å². The third-order valence-electron chi connectivity index (χ3n) is 2.06. The predicted molar refractivity (Wildman–Crippen MR) is 57.6 cm³/mol. The van der Waals surface area contributed by atoms with E-state index in [9.17, 15) is 9.18 Å². The van der Waals surface area contributed by atoms with Crippen molar-refractivity contribution in [1.82, 2.24) is 4.98 Å². The second-order valence-corrected chi connectivity index (χ2v) is 4.30. The average Bonchev–Trinajstić information content (AvgIpc) is 2.64. The van der Waals surface area contributed by atoms with E-state index in [4.69, 9.17) is 0 Å². The molecule has 0 saturated carbocycles. The number of carbonyl (C=O) groups is 1. The number of aldehydes is 1. The molecule has 0 fully saturated rings. The zero-order valence-electron chi connectivity index (χ0n) is 8.03. The van der Waals surface area contributed by atoms with E-state index >= 15 is 0 Å². The van der Waals surface area contributed by atoms with Gasteiger partial charge in [-0.25, -0.2) is 9.37 Å². The molecule has 0 spiro atoms. The van der Waals surface area contributed by atoms with Crippen LogP contribution in [-0.2, 0) is 0 Å². The van der Waals surface area contributed by atoms with Gasteiger partial charge >= 0.3 is 0 Å². The van der Waals surface area contributed by atoms with Gasteiger partial charge in [-0.15, -0.1) is 11.3 Å². The van der Waals surface area contributed by atoms with E-state index in [1.807, 2.05) is 6.92 Å². The van der Waals surface area contributed by atoms with Crippen molar-refractivity contribution < 1.29 is 9.18 Å². The molecular weight excluding hydrogens is 213 g/mol. The summed E-state index contributed by atoms with van der Waals surface area (Å²) in [7, 11) is 0. The highest BCUT2D eigenvalue weighted by Crippen LogP contribution is 2.29. The number of rotatable bonds is 2. The number of benzene rings is 1. The van der Waals surface area contributed by atoms with Gasteiger partial charge in [-0.2, -0.15) is 0 Å². The topological polar surface area (TPSA) is 30.0 Å². The predicted octanol–water partition coefficient (Wildman–Crippen LogP) is 3.07. The monoisotopic (exact) mass is 221 g/mol. The normalized spacial score (nSPS) is 10.3. The van der Waals surface area contributed by atoms with E-state index in [0.29, 0.717) is 11.8 Å². The highest BCUT2D eigenvalue weighted by Gasteiger charge is 2.10. The lowest BCUT2D eigenvalue weighted by atomic mass is 10.1. The summed E-state index contributed by atoms with van der Waals surface area (Å²) < 4.78 is 13.3. The third kappa shape index (κ3) is 1.80. The molecular formula is C11H8FNOS. The molecule has 0 bridgehead atoms. The molecule has 15 heavy (non-hydrogen) atoms. The van der Waals surface area contributed by atoms with Gasteiger partial charge in [0.25, 0.3) is 0 Å². The Kier molecular flexibility index (Phi) is 2.60. The van der Waals surface area contributed by atoms with Crippen LogP contribution in [0.15, 0.2) is 24.4 Å². The molecule has 0 aliphatic heterocycles. The molecule has 2 nitrogen and oxygen atoms in total. The second kappa shape index (κ2) is 3.90. The molecule has 76 valence electrons. The van der Waals surface area contributed by atoms with Crippen LogP contribution in [-0.4, -0.2) is 11.3 Å². The van der Waals surface area contributed by atoms with E-state index in [2.05, 4.69) is 4.98 Å². The molecule has 2 rings (SSSR count). The molecule has 0 unspecified atom stereocenters. The Morgan fingerprint density at radius 2 is 2.27 bits per heavy atom. The first kappa shape index (κ1) is 9.98. The van der Waals surface area contributed by atoms with Gasteiger partial charge in [0.2, 0.25) is 0 Å². The van der Waals surface area contributed by atoms with Gasteiger partial charge in [0.05, 0.1) is 15.4 Å². The molecule has 0 amide bonds. The molecule has 4 heteroatoms. The number of aromatic nitrogens is 1. The van der Waals surface area contributed by atoms with Crippen LogP contribution in [0, 0.1) is 12.7 Å². The summed E-state index contributed by atoms with van der Waals surface area (Å²) in [5, 5.41) is 0.895. The van der Waals surface area contributed by atoms with Crippen molar-refractivity contribution in [3.8, 4) is 10.4 Å². The van der Waals surface area contributed by atoms with Crippen LogP contribution in [0.3, 0.4) is 0 Å². The van der Waals surface area contributed by atoms with E-state index in [-0.39, 0.29) is 5.56 Å². The molecule has 1 heterocycles. The Balaban J connectivity index is 2.62. The van der Waals surface area contributed by atoms with Crippen molar-refractivity contribution in [3.05, 3.63) is 40.8 Å². The van der Waals surface area contributed by atoms with Crippen LogP contribution in [0.2, 0.25) is 0 Å². The Morgan fingerprint density at radius 1 is 1.47 bits per heavy atom. The van der Waals surface area contributed by atoms with Gasteiger partial charge in [0, 0.05) is 11.8 Å². The van der Waals surface area contributed by atoms with Crippen LogP contribution in [0.1, 0.15) is 15.4 Å². The summed E-state index contributed by atoms with van der Waals surface area (Å²) in [6.07, 6.45) is 2.20. The Bertz CT molecular complexity index is 507. The zero-order chi connectivity index (χ0) is 10.8. The largest absolute Gasteiger partial charge is 0.298 e.